The molecule has 0 aromatic heterocycles. The Bertz CT molecular complexity index is 311. The molecule has 1 heterocycles. The van der Waals surface area contributed by atoms with Gasteiger partial charge in [-0.3, -0.25) is 0 Å². The molecule has 2 heteroatoms. The summed E-state index contributed by atoms with van der Waals surface area (Å²) >= 11 is 5.77. The fourth-order valence-electron chi connectivity index (χ4n) is 2.07. The van der Waals surface area contributed by atoms with Crippen LogP contribution in [0, 0.1) is 0 Å². The predicted molar refractivity (Wildman–Crippen MR) is 58.8 cm³/mol. The highest BCUT2D eigenvalue weighted by Crippen LogP contribution is 2.32. The van der Waals surface area contributed by atoms with Gasteiger partial charge < -0.3 is 4.74 Å². The lowest BCUT2D eigenvalue weighted by Crippen LogP contribution is -2.23. The molecule has 76 valence electrons. The van der Waals surface area contributed by atoms with E-state index in [-0.39, 0.29) is 6.10 Å². The second-order valence-electron chi connectivity index (χ2n) is 3.82. The van der Waals surface area contributed by atoms with E-state index in [9.17, 15) is 0 Å². The number of alkyl halides is 1. The Kier molecular flexibility index (Phi) is 3.09. The molecule has 1 nitrogen and oxygen atoms in total. The van der Waals surface area contributed by atoms with Gasteiger partial charge in [-0.2, -0.15) is 0 Å². The molecule has 0 amide bonds. The zero-order valence-corrected chi connectivity index (χ0v) is 9.13. The van der Waals surface area contributed by atoms with E-state index < -0.39 is 0 Å². The lowest BCUT2D eigenvalue weighted by atomic mass is 9.93. The quantitative estimate of drug-likeness (QED) is 0.681. The molecule has 0 fully saturated rings. The molecule has 2 atom stereocenters. The first kappa shape index (κ1) is 10.0. The summed E-state index contributed by atoms with van der Waals surface area (Å²) in [7, 11) is 0. The van der Waals surface area contributed by atoms with E-state index in [1.165, 1.54) is 11.1 Å². The van der Waals surface area contributed by atoms with Crippen molar-refractivity contribution < 1.29 is 4.74 Å². The van der Waals surface area contributed by atoms with E-state index in [1.54, 1.807) is 0 Å². The second-order valence-corrected chi connectivity index (χ2v) is 4.19. The van der Waals surface area contributed by atoms with Crippen LogP contribution >= 0.6 is 11.6 Å². The van der Waals surface area contributed by atoms with Gasteiger partial charge in [0.15, 0.2) is 0 Å². The lowest BCUT2D eigenvalue weighted by molar-refractivity contribution is -0.0167. The van der Waals surface area contributed by atoms with Gasteiger partial charge in [-0.25, -0.2) is 0 Å². The summed E-state index contributed by atoms with van der Waals surface area (Å²) in [4.78, 5) is 0. The third-order valence-corrected chi connectivity index (χ3v) is 2.90. The molecule has 0 unspecified atom stereocenters. The van der Waals surface area contributed by atoms with Crippen molar-refractivity contribution in [1.82, 2.24) is 0 Å². The van der Waals surface area contributed by atoms with Gasteiger partial charge in [0, 0.05) is 5.88 Å². The van der Waals surface area contributed by atoms with Crippen LogP contribution in [0.3, 0.4) is 0 Å². The monoisotopic (exact) mass is 210 g/mol. The van der Waals surface area contributed by atoms with Gasteiger partial charge in [-0.05, 0) is 30.9 Å². The zero-order chi connectivity index (χ0) is 9.97. The molecule has 1 aliphatic rings. The predicted octanol–water partition coefficient (Wildman–Crippen LogP) is 3.32. The van der Waals surface area contributed by atoms with Gasteiger partial charge in [-0.1, -0.05) is 24.3 Å². The highest BCUT2D eigenvalue weighted by Gasteiger charge is 2.23. The minimum atomic E-state index is 0.201. The minimum Gasteiger partial charge on any atom is -0.370 e. The van der Waals surface area contributed by atoms with E-state index in [4.69, 9.17) is 16.3 Å². The molecule has 14 heavy (non-hydrogen) atoms. The summed E-state index contributed by atoms with van der Waals surface area (Å²) in [6.07, 6.45) is 2.45. The van der Waals surface area contributed by atoms with Crippen LogP contribution in [0.5, 0.6) is 0 Å². The normalized spacial score (nSPS) is 25.9. The highest BCUT2D eigenvalue weighted by molar-refractivity contribution is 6.17. The van der Waals surface area contributed by atoms with E-state index in [0.717, 1.165) is 12.8 Å². The highest BCUT2D eigenvalue weighted by atomic mass is 35.5. The first-order valence-corrected chi connectivity index (χ1v) is 5.64. The molecule has 0 spiro atoms. The number of benzene rings is 1. The zero-order valence-electron chi connectivity index (χ0n) is 8.37. The van der Waals surface area contributed by atoms with E-state index in [2.05, 4.69) is 31.2 Å². The number of ether oxygens (including phenoxy) is 1. The van der Waals surface area contributed by atoms with Crippen LogP contribution in [-0.2, 0) is 11.2 Å². The number of rotatable bonds is 2. The van der Waals surface area contributed by atoms with Gasteiger partial charge in [-0.15, -0.1) is 11.6 Å². The fraction of sp³-hybridized carbons (Fsp3) is 0.500. The van der Waals surface area contributed by atoms with Crippen molar-refractivity contribution in [3.05, 3.63) is 35.4 Å². The van der Waals surface area contributed by atoms with Crippen LogP contribution in [0.15, 0.2) is 24.3 Å². The number of halogens is 1. The Morgan fingerprint density at radius 3 is 3.00 bits per heavy atom. The average molecular weight is 211 g/mol. The van der Waals surface area contributed by atoms with Crippen LogP contribution < -0.4 is 0 Å². The van der Waals surface area contributed by atoms with Crippen LogP contribution in [0.2, 0.25) is 0 Å². The maximum absolute atomic E-state index is 5.87. The van der Waals surface area contributed by atoms with E-state index in [0.29, 0.717) is 12.0 Å². The second kappa shape index (κ2) is 4.33. The molecule has 0 saturated carbocycles. The van der Waals surface area contributed by atoms with Gasteiger partial charge >= 0.3 is 0 Å². The maximum Gasteiger partial charge on any atom is 0.0842 e. The molecule has 0 N–H and O–H groups in total. The van der Waals surface area contributed by atoms with Crippen LogP contribution in [0.4, 0.5) is 0 Å². The Balaban J connectivity index is 2.28. The lowest BCUT2D eigenvalue weighted by Gasteiger charge is -2.30. The summed E-state index contributed by atoms with van der Waals surface area (Å²) in [5, 5.41) is 0. The minimum absolute atomic E-state index is 0.201. The third kappa shape index (κ3) is 1.94. The molecular formula is C12H15ClO. The van der Waals surface area contributed by atoms with Crippen molar-refractivity contribution in [2.24, 2.45) is 0 Å². The first-order valence-electron chi connectivity index (χ1n) is 5.10. The molecule has 0 aliphatic carbocycles. The van der Waals surface area contributed by atoms with Crippen molar-refractivity contribution in [1.29, 1.82) is 0 Å². The summed E-state index contributed by atoms with van der Waals surface area (Å²) in [6, 6.07) is 8.50. The molecule has 0 bridgehead atoms. The molecule has 1 aromatic rings. The maximum atomic E-state index is 5.87. The van der Waals surface area contributed by atoms with Crippen LogP contribution in [0.1, 0.15) is 30.6 Å². The van der Waals surface area contributed by atoms with Gasteiger partial charge in [0.25, 0.3) is 0 Å². The largest absolute Gasteiger partial charge is 0.370 e. The van der Waals surface area contributed by atoms with Gasteiger partial charge in [0.2, 0.25) is 0 Å². The van der Waals surface area contributed by atoms with Crippen molar-refractivity contribution in [3.8, 4) is 0 Å². The number of fused-ring (bicyclic) bond motifs is 1. The fourth-order valence-corrected chi connectivity index (χ4v) is 2.27. The third-order valence-electron chi connectivity index (χ3n) is 2.68. The molecule has 2 rings (SSSR count). The summed E-state index contributed by atoms with van der Waals surface area (Å²) in [6.45, 7) is 2.12. The Morgan fingerprint density at radius 2 is 2.21 bits per heavy atom. The van der Waals surface area contributed by atoms with Crippen molar-refractivity contribution in [3.63, 3.8) is 0 Å². The molecule has 1 aliphatic heterocycles. The Morgan fingerprint density at radius 1 is 1.43 bits per heavy atom. The topological polar surface area (TPSA) is 9.23 Å². The van der Waals surface area contributed by atoms with Crippen LogP contribution in [-0.4, -0.2) is 12.0 Å². The Hall–Kier alpha value is -0.530. The molecule has 0 radical (unpaired) electrons. The van der Waals surface area contributed by atoms with Gasteiger partial charge in [0.05, 0.1) is 12.2 Å². The van der Waals surface area contributed by atoms with Crippen LogP contribution in [0.25, 0.3) is 0 Å². The van der Waals surface area contributed by atoms with Crippen molar-refractivity contribution >= 4 is 11.6 Å². The smallest absolute Gasteiger partial charge is 0.0842 e. The van der Waals surface area contributed by atoms with Crippen molar-refractivity contribution in [2.45, 2.75) is 32.0 Å². The summed E-state index contributed by atoms with van der Waals surface area (Å²) < 4.78 is 5.87. The standard InChI is InChI=1S/C12H15ClO/c1-9-8-10-4-2-3-5-11(10)12(14-9)6-7-13/h2-5,9,12H,6-8H2,1H3/t9-,12-/m0/s1. The van der Waals surface area contributed by atoms with E-state index in [1.807, 2.05) is 0 Å². The van der Waals surface area contributed by atoms with Crippen molar-refractivity contribution in [2.75, 3.05) is 5.88 Å². The SMILES string of the molecule is C[C@H]1Cc2ccccc2[C@H](CCCl)O1. The van der Waals surface area contributed by atoms with Gasteiger partial charge in [0.1, 0.15) is 0 Å². The van der Waals surface area contributed by atoms with E-state index >= 15 is 0 Å². The first-order chi connectivity index (χ1) is 6.81. The number of hydrogen-bond donors (Lipinski definition) is 0. The molecular weight excluding hydrogens is 196 g/mol. The molecule has 1 aromatic carbocycles. The average Bonchev–Trinajstić information content (AvgIpc) is 2.18. The number of hydrogen-bond acceptors (Lipinski definition) is 1. The Labute approximate surface area is 90.0 Å². The summed E-state index contributed by atoms with van der Waals surface area (Å²) in [5.41, 5.74) is 2.74. The molecule has 0 saturated heterocycles. The summed E-state index contributed by atoms with van der Waals surface area (Å²) in [5.74, 6) is 0.658.